The van der Waals surface area contributed by atoms with E-state index in [1.807, 2.05) is 0 Å². The molecule has 0 amide bonds. The molecule has 2 heterocycles. The molecule has 0 aromatic carbocycles. The maximum atomic E-state index is 12.7. The molecule has 1 aliphatic rings. The Kier molecular flexibility index (Phi) is 4.70. The van der Waals surface area contributed by atoms with Crippen LogP contribution in [0.2, 0.25) is 5.28 Å². The molecule has 1 saturated heterocycles. The monoisotopic (exact) mass is 309 g/mol. The van der Waals surface area contributed by atoms with Crippen LogP contribution in [0.3, 0.4) is 0 Å². The van der Waals surface area contributed by atoms with E-state index in [4.69, 9.17) is 16.3 Å². The van der Waals surface area contributed by atoms with Gasteiger partial charge in [0.2, 0.25) is 5.28 Å². The normalized spacial score (nSPS) is 19.9. The number of halogens is 4. The Balaban J connectivity index is 2.12. The van der Waals surface area contributed by atoms with Crippen LogP contribution in [-0.4, -0.2) is 36.3 Å². The topological polar surface area (TPSA) is 38.2 Å². The minimum absolute atomic E-state index is 0.0110. The van der Waals surface area contributed by atoms with Crippen molar-refractivity contribution in [2.45, 2.75) is 31.5 Å². The van der Waals surface area contributed by atoms with Crippen molar-refractivity contribution < 1.29 is 17.9 Å². The first kappa shape index (κ1) is 15.3. The van der Waals surface area contributed by atoms with Gasteiger partial charge in [0.05, 0.1) is 6.10 Å². The van der Waals surface area contributed by atoms with Gasteiger partial charge in [-0.3, -0.25) is 0 Å². The molecule has 0 saturated carbocycles. The zero-order valence-corrected chi connectivity index (χ0v) is 11.7. The molecular weight excluding hydrogens is 295 g/mol. The first-order valence-corrected chi connectivity index (χ1v) is 6.68. The Bertz CT molecular complexity index is 464. The summed E-state index contributed by atoms with van der Waals surface area (Å²) in [4.78, 5) is 8.65. The molecule has 0 radical (unpaired) electrons. The van der Waals surface area contributed by atoms with Crippen LogP contribution >= 0.6 is 11.6 Å². The smallest absolute Gasteiger partial charge is 0.376 e. The van der Waals surface area contributed by atoms with Crippen molar-refractivity contribution in [2.24, 2.45) is 0 Å². The highest BCUT2D eigenvalue weighted by Gasteiger charge is 2.34. The Morgan fingerprint density at radius 2 is 2.15 bits per heavy atom. The van der Waals surface area contributed by atoms with E-state index < -0.39 is 17.2 Å². The number of nitrogens with zero attached hydrogens (tertiary/aromatic N) is 3. The predicted octanol–water partition coefficient (Wildman–Crippen LogP) is 3.15. The molecular formula is C12H15ClF3N3O. The molecule has 8 heteroatoms. The minimum Gasteiger partial charge on any atom is -0.376 e. The van der Waals surface area contributed by atoms with Gasteiger partial charge in [-0.05, 0) is 30.9 Å². The number of anilines is 1. The molecule has 0 spiro atoms. The average molecular weight is 310 g/mol. The first-order chi connectivity index (χ1) is 9.36. The number of rotatable bonds is 3. The van der Waals surface area contributed by atoms with Crippen molar-refractivity contribution in [3.05, 3.63) is 17.0 Å². The molecule has 112 valence electrons. The first-order valence-electron chi connectivity index (χ1n) is 6.31. The highest BCUT2D eigenvalue weighted by molar-refractivity contribution is 6.28. The van der Waals surface area contributed by atoms with Gasteiger partial charge in [-0.15, -0.1) is 0 Å². The Morgan fingerprint density at radius 3 is 2.75 bits per heavy atom. The SMILES string of the molecule is CN(CC1CCCCO1)c1cc(C(F)(F)F)nc(Cl)n1. The van der Waals surface area contributed by atoms with Crippen LogP contribution in [0.1, 0.15) is 25.0 Å². The molecule has 20 heavy (non-hydrogen) atoms. The van der Waals surface area contributed by atoms with E-state index in [0.717, 1.165) is 25.3 Å². The van der Waals surface area contributed by atoms with Gasteiger partial charge in [0.25, 0.3) is 0 Å². The molecule has 0 bridgehead atoms. The maximum Gasteiger partial charge on any atom is 0.433 e. The molecule has 0 N–H and O–H groups in total. The third-order valence-corrected chi connectivity index (χ3v) is 3.29. The number of ether oxygens (including phenoxy) is 1. The summed E-state index contributed by atoms with van der Waals surface area (Å²) in [5.41, 5.74) is -1.04. The Labute approximate surface area is 119 Å². The van der Waals surface area contributed by atoms with Gasteiger partial charge >= 0.3 is 6.18 Å². The number of hydrogen-bond donors (Lipinski definition) is 0. The standard InChI is InChI=1S/C12H15ClF3N3O/c1-19(7-8-4-2-3-5-20-8)10-6-9(12(14,15)16)17-11(13)18-10/h6,8H,2-5,7H2,1H3. The summed E-state index contributed by atoms with van der Waals surface area (Å²) in [6.07, 6.45) is -1.54. The van der Waals surface area contributed by atoms with E-state index in [2.05, 4.69) is 9.97 Å². The average Bonchev–Trinajstić information content (AvgIpc) is 2.38. The predicted molar refractivity (Wildman–Crippen MR) is 68.9 cm³/mol. The van der Waals surface area contributed by atoms with Crippen LogP contribution < -0.4 is 4.90 Å². The lowest BCUT2D eigenvalue weighted by atomic mass is 10.1. The van der Waals surface area contributed by atoms with Gasteiger partial charge in [-0.25, -0.2) is 9.97 Å². The second-order valence-electron chi connectivity index (χ2n) is 4.75. The van der Waals surface area contributed by atoms with Gasteiger partial charge in [0.1, 0.15) is 5.82 Å². The van der Waals surface area contributed by atoms with Gasteiger partial charge in [-0.1, -0.05) is 0 Å². The maximum absolute atomic E-state index is 12.7. The Hall–Kier alpha value is -1.08. The fourth-order valence-corrected chi connectivity index (χ4v) is 2.27. The van der Waals surface area contributed by atoms with E-state index in [1.165, 1.54) is 0 Å². The van der Waals surface area contributed by atoms with Crippen LogP contribution in [0.5, 0.6) is 0 Å². The highest BCUT2D eigenvalue weighted by Crippen LogP contribution is 2.30. The van der Waals surface area contributed by atoms with E-state index in [1.54, 1.807) is 11.9 Å². The van der Waals surface area contributed by atoms with Crippen LogP contribution in [0.15, 0.2) is 6.07 Å². The Morgan fingerprint density at radius 1 is 1.40 bits per heavy atom. The lowest BCUT2D eigenvalue weighted by Crippen LogP contribution is -2.34. The van der Waals surface area contributed by atoms with Crippen molar-refractivity contribution in [2.75, 3.05) is 25.1 Å². The van der Waals surface area contributed by atoms with E-state index >= 15 is 0 Å². The molecule has 1 aliphatic heterocycles. The van der Waals surface area contributed by atoms with Crippen molar-refractivity contribution in [3.63, 3.8) is 0 Å². The highest BCUT2D eigenvalue weighted by atomic mass is 35.5. The molecule has 1 unspecified atom stereocenters. The van der Waals surface area contributed by atoms with Gasteiger partial charge in [0.15, 0.2) is 5.69 Å². The third-order valence-electron chi connectivity index (χ3n) is 3.12. The minimum atomic E-state index is -4.54. The van der Waals surface area contributed by atoms with Crippen molar-refractivity contribution in [1.82, 2.24) is 9.97 Å². The van der Waals surface area contributed by atoms with Crippen LogP contribution in [0, 0.1) is 0 Å². The fraction of sp³-hybridized carbons (Fsp3) is 0.667. The van der Waals surface area contributed by atoms with Crippen molar-refractivity contribution in [1.29, 1.82) is 0 Å². The summed E-state index contributed by atoms with van der Waals surface area (Å²) in [5, 5.41) is -0.411. The summed E-state index contributed by atoms with van der Waals surface area (Å²) < 4.78 is 43.6. The van der Waals surface area contributed by atoms with Crippen LogP contribution in [0.4, 0.5) is 19.0 Å². The molecule has 1 atom stereocenters. The lowest BCUT2D eigenvalue weighted by Gasteiger charge is -2.28. The largest absolute Gasteiger partial charge is 0.433 e. The lowest BCUT2D eigenvalue weighted by molar-refractivity contribution is -0.141. The van der Waals surface area contributed by atoms with Crippen LogP contribution in [0.25, 0.3) is 0 Å². The van der Waals surface area contributed by atoms with Crippen molar-refractivity contribution >= 4 is 17.4 Å². The van der Waals surface area contributed by atoms with Crippen LogP contribution in [-0.2, 0) is 10.9 Å². The van der Waals surface area contributed by atoms with Gasteiger partial charge in [-0.2, -0.15) is 13.2 Å². The molecule has 1 fully saturated rings. The zero-order valence-electron chi connectivity index (χ0n) is 11.0. The molecule has 1 aromatic rings. The number of aromatic nitrogens is 2. The van der Waals surface area contributed by atoms with Gasteiger partial charge < -0.3 is 9.64 Å². The summed E-state index contributed by atoms with van der Waals surface area (Å²) in [6.45, 7) is 1.17. The molecule has 2 rings (SSSR count). The fourth-order valence-electron chi connectivity index (χ4n) is 2.10. The second kappa shape index (κ2) is 6.13. The van der Waals surface area contributed by atoms with E-state index in [9.17, 15) is 13.2 Å². The zero-order chi connectivity index (χ0) is 14.8. The number of alkyl halides is 3. The number of likely N-dealkylation sites (N-methyl/N-ethyl adjacent to an activating group) is 1. The summed E-state index contributed by atoms with van der Waals surface area (Å²) in [5.74, 6) is 0.145. The second-order valence-corrected chi connectivity index (χ2v) is 5.09. The summed E-state index contributed by atoms with van der Waals surface area (Å²) in [7, 11) is 1.66. The molecule has 0 aliphatic carbocycles. The third kappa shape index (κ3) is 3.96. The van der Waals surface area contributed by atoms with E-state index in [0.29, 0.717) is 13.2 Å². The summed E-state index contributed by atoms with van der Waals surface area (Å²) in [6, 6.07) is 0.898. The molecule has 1 aromatic heterocycles. The quantitative estimate of drug-likeness (QED) is 0.804. The van der Waals surface area contributed by atoms with Crippen molar-refractivity contribution in [3.8, 4) is 0 Å². The number of hydrogen-bond acceptors (Lipinski definition) is 4. The summed E-state index contributed by atoms with van der Waals surface area (Å²) >= 11 is 5.56. The van der Waals surface area contributed by atoms with E-state index in [-0.39, 0.29) is 11.9 Å². The molecule has 4 nitrogen and oxygen atoms in total. The van der Waals surface area contributed by atoms with Gasteiger partial charge in [0, 0.05) is 26.3 Å².